The first-order valence-corrected chi connectivity index (χ1v) is 8.04. The number of carbonyl (C=O) groups is 1. The van der Waals surface area contributed by atoms with Crippen molar-refractivity contribution < 1.29 is 9.53 Å². The largest absolute Gasteiger partial charge is 0.492 e. The number of methoxy groups -OCH3 is 1. The van der Waals surface area contributed by atoms with Crippen molar-refractivity contribution in [3.63, 3.8) is 0 Å². The molecule has 0 radical (unpaired) electrons. The summed E-state index contributed by atoms with van der Waals surface area (Å²) in [5, 5.41) is 3.72. The van der Waals surface area contributed by atoms with Crippen LogP contribution in [0.5, 0.6) is 5.75 Å². The van der Waals surface area contributed by atoms with Crippen LogP contribution in [0.1, 0.15) is 29.4 Å². The number of ether oxygens (including phenoxy) is 1. The van der Waals surface area contributed by atoms with Crippen LogP contribution in [-0.2, 0) is 0 Å². The Bertz CT molecular complexity index is 523. The van der Waals surface area contributed by atoms with E-state index >= 15 is 0 Å². The molecule has 0 unspecified atom stereocenters. The van der Waals surface area contributed by atoms with Gasteiger partial charge < -0.3 is 20.7 Å². The highest BCUT2D eigenvalue weighted by Crippen LogP contribution is 2.45. The predicted octanol–water partition coefficient (Wildman–Crippen LogP) is 2.49. The average molecular weight is 309 g/mol. The zero-order chi connectivity index (χ0) is 15.4. The maximum Gasteiger partial charge on any atom is 0.263 e. The molecule has 116 valence electrons. The van der Waals surface area contributed by atoms with Gasteiger partial charge in [0.05, 0.1) is 7.11 Å². The summed E-state index contributed by atoms with van der Waals surface area (Å²) >= 11 is 1.40. The molecule has 0 aromatic carbocycles. The minimum absolute atomic E-state index is 0.176. The Morgan fingerprint density at radius 3 is 2.86 bits per heavy atom. The van der Waals surface area contributed by atoms with Crippen molar-refractivity contribution in [2.75, 3.05) is 37.4 Å². The molecule has 2 rings (SSSR count). The van der Waals surface area contributed by atoms with Crippen molar-refractivity contribution in [3.8, 4) is 5.75 Å². The molecule has 1 amide bonds. The Morgan fingerprint density at radius 1 is 1.62 bits per heavy atom. The van der Waals surface area contributed by atoms with Gasteiger partial charge in [-0.15, -0.1) is 17.9 Å². The van der Waals surface area contributed by atoms with Crippen LogP contribution in [0, 0.1) is 5.92 Å². The number of nitrogens with two attached hydrogens (primary N) is 1. The SMILES string of the molecule is C=CCNC(=O)c1sc(N(CC)CC2CC2)c(OC)c1N. The van der Waals surface area contributed by atoms with Gasteiger partial charge in [-0.05, 0) is 25.7 Å². The van der Waals surface area contributed by atoms with E-state index in [1.807, 2.05) is 0 Å². The zero-order valence-corrected chi connectivity index (χ0v) is 13.5. The number of carbonyl (C=O) groups excluding carboxylic acids is 1. The fourth-order valence-corrected chi connectivity index (χ4v) is 3.38. The van der Waals surface area contributed by atoms with E-state index in [2.05, 4.69) is 23.7 Å². The summed E-state index contributed by atoms with van der Waals surface area (Å²) in [7, 11) is 1.60. The van der Waals surface area contributed by atoms with E-state index in [9.17, 15) is 4.79 Å². The number of amides is 1. The molecule has 1 saturated carbocycles. The zero-order valence-electron chi connectivity index (χ0n) is 12.6. The summed E-state index contributed by atoms with van der Waals surface area (Å²) in [5.41, 5.74) is 6.52. The molecule has 5 nitrogen and oxygen atoms in total. The van der Waals surface area contributed by atoms with Gasteiger partial charge >= 0.3 is 0 Å². The molecule has 0 atom stereocenters. The van der Waals surface area contributed by atoms with Gasteiger partial charge in [-0.1, -0.05) is 6.08 Å². The first-order valence-electron chi connectivity index (χ1n) is 7.22. The molecule has 1 fully saturated rings. The molecule has 1 aliphatic rings. The second-order valence-corrected chi connectivity index (χ2v) is 6.16. The highest BCUT2D eigenvalue weighted by molar-refractivity contribution is 7.19. The van der Waals surface area contributed by atoms with Crippen LogP contribution < -0.4 is 20.7 Å². The van der Waals surface area contributed by atoms with E-state index in [0.717, 1.165) is 24.0 Å². The number of thiophene rings is 1. The quantitative estimate of drug-likeness (QED) is 0.724. The summed E-state index contributed by atoms with van der Waals surface area (Å²) in [4.78, 5) is 14.9. The molecule has 0 bridgehead atoms. The summed E-state index contributed by atoms with van der Waals surface area (Å²) < 4.78 is 5.44. The third-order valence-corrected chi connectivity index (χ3v) is 4.79. The number of nitrogen functional groups attached to an aromatic ring is 1. The lowest BCUT2D eigenvalue weighted by Crippen LogP contribution is -2.24. The molecule has 1 aromatic heterocycles. The highest BCUT2D eigenvalue weighted by atomic mass is 32.1. The maximum absolute atomic E-state index is 12.1. The first kappa shape index (κ1) is 15.7. The minimum Gasteiger partial charge on any atom is -0.492 e. The average Bonchev–Trinajstić information content (AvgIpc) is 3.24. The molecule has 1 heterocycles. The van der Waals surface area contributed by atoms with Gasteiger partial charge in [-0.2, -0.15) is 0 Å². The van der Waals surface area contributed by atoms with E-state index in [4.69, 9.17) is 10.5 Å². The van der Waals surface area contributed by atoms with Gasteiger partial charge in [0.2, 0.25) is 0 Å². The smallest absolute Gasteiger partial charge is 0.263 e. The number of nitrogens with one attached hydrogen (secondary N) is 1. The van der Waals surface area contributed by atoms with E-state index in [-0.39, 0.29) is 5.91 Å². The molecule has 6 heteroatoms. The van der Waals surface area contributed by atoms with Crippen LogP contribution in [0.3, 0.4) is 0 Å². The number of rotatable bonds is 8. The Kier molecular flexibility index (Phi) is 5.12. The summed E-state index contributed by atoms with van der Waals surface area (Å²) in [6.45, 7) is 8.00. The Balaban J connectivity index is 2.27. The van der Waals surface area contributed by atoms with Gasteiger partial charge in [0.15, 0.2) is 5.75 Å². The van der Waals surface area contributed by atoms with E-state index in [1.165, 1.54) is 24.2 Å². The highest BCUT2D eigenvalue weighted by Gasteiger charge is 2.29. The van der Waals surface area contributed by atoms with Crippen LogP contribution in [0.4, 0.5) is 10.7 Å². The van der Waals surface area contributed by atoms with Gasteiger partial charge in [-0.25, -0.2) is 0 Å². The van der Waals surface area contributed by atoms with Crippen LogP contribution in [-0.4, -0.2) is 32.7 Å². The molecule has 0 spiro atoms. The standard InChI is InChI=1S/C15H23N3O2S/c1-4-8-17-14(19)13-11(16)12(20-3)15(21-13)18(5-2)9-10-6-7-10/h4,10H,1,5-9,16H2,2-3H3,(H,17,19). The Morgan fingerprint density at radius 2 is 2.33 bits per heavy atom. The summed E-state index contributed by atoms with van der Waals surface area (Å²) in [6, 6.07) is 0. The molecular formula is C15H23N3O2S. The molecule has 0 aliphatic heterocycles. The molecule has 21 heavy (non-hydrogen) atoms. The second kappa shape index (κ2) is 6.85. The lowest BCUT2D eigenvalue weighted by atomic mass is 10.3. The maximum atomic E-state index is 12.1. The molecule has 1 aromatic rings. The van der Waals surface area contributed by atoms with Gasteiger partial charge in [0.25, 0.3) is 5.91 Å². The molecular weight excluding hydrogens is 286 g/mol. The lowest BCUT2D eigenvalue weighted by Gasteiger charge is -2.22. The fraction of sp³-hybridized carbons (Fsp3) is 0.533. The molecule has 1 aliphatic carbocycles. The first-order chi connectivity index (χ1) is 10.1. The van der Waals surface area contributed by atoms with Crippen LogP contribution in [0.25, 0.3) is 0 Å². The van der Waals surface area contributed by atoms with Crippen LogP contribution >= 0.6 is 11.3 Å². The Hall–Kier alpha value is -1.69. The van der Waals surface area contributed by atoms with Crippen LogP contribution in [0.2, 0.25) is 0 Å². The van der Waals surface area contributed by atoms with Crippen molar-refractivity contribution in [3.05, 3.63) is 17.5 Å². The van der Waals surface area contributed by atoms with E-state index < -0.39 is 0 Å². The van der Waals surface area contributed by atoms with Gasteiger partial charge in [0.1, 0.15) is 15.6 Å². The second-order valence-electron chi connectivity index (χ2n) is 5.16. The third kappa shape index (κ3) is 3.50. The minimum atomic E-state index is -0.176. The van der Waals surface area contributed by atoms with E-state index in [0.29, 0.717) is 22.9 Å². The normalized spacial score (nSPS) is 13.8. The van der Waals surface area contributed by atoms with Gasteiger partial charge in [-0.3, -0.25) is 4.79 Å². The number of hydrogen-bond acceptors (Lipinski definition) is 5. The van der Waals surface area contributed by atoms with E-state index in [1.54, 1.807) is 13.2 Å². The third-order valence-electron chi connectivity index (χ3n) is 3.54. The van der Waals surface area contributed by atoms with Crippen molar-refractivity contribution in [2.45, 2.75) is 19.8 Å². The molecule has 3 N–H and O–H groups in total. The predicted molar refractivity (Wildman–Crippen MR) is 88.4 cm³/mol. The Labute approximate surface area is 129 Å². The number of hydrogen-bond donors (Lipinski definition) is 2. The van der Waals surface area contributed by atoms with Crippen molar-refractivity contribution in [1.29, 1.82) is 0 Å². The van der Waals surface area contributed by atoms with Crippen LogP contribution in [0.15, 0.2) is 12.7 Å². The lowest BCUT2D eigenvalue weighted by molar-refractivity contribution is 0.0962. The van der Waals surface area contributed by atoms with Gasteiger partial charge in [0, 0.05) is 19.6 Å². The summed E-state index contributed by atoms with van der Waals surface area (Å²) in [6.07, 6.45) is 4.21. The van der Waals surface area contributed by atoms with Crippen molar-refractivity contribution in [1.82, 2.24) is 5.32 Å². The number of anilines is 2. The van der Waals surface area contributed by atoms with Crippen molar-refractivity contribution in [2.24, 2.45) is 5.92 Å². The topological polar surface area (TPSA) is 67.6 Å². The summed E-state index contributed by atoms with van der Waals surface area (Å²) in [5.74, 6) is 1.20. The fourth-order valence-electron chi connectivity index (χ4n) is 2.20. The number of nitrogens with zero attached hydrogens (tertiary/aromatic N) is 1. The van der Waals surface area contributed by atoms with Crippen molar-refractivity contribution >= 4 is 27.9 Å². The monoisotopic (exact) mass is 309 g/mol. The molecule has 0 saturated heterocycles.